The largest absolute Gasteiger partial charge is 0.478 e. The molecule has 19 heavy (non-hydrogen) atoms. The van der Waals surface area contributed by atoms with Gasteiger partial charge in [0.15, 0.2) is 0 Å². The number of morpholine rings is 1. The Labute approximate surface area is 111 Å². The molecule has 1 aliphatic rings. The van der Waals surface area contributed by atoms with Crippen molar-refractivity contribution in [2.24, 2.45) is 0 Å². The van der Waals surface area contributed by atoms with Gasteiger partial charge in [-0.1, -0.05) is 6.07 Å². The normalized spacial score (nSPS) is 23.4. The van der Waals surface area contributed by atoms with Crippen molar-refractivity contribution >= 4 is 17.3 Å². The van der Waals surface area contributed by atoms with Gasteiger partial charge in [-0.25, -0.2) is 4.79 Å². The molecule has 2 unspecified atom stereocenters. The highest BCUT2D eigenvalue weighted by Gasteiger charge is 2.26. The van der Waals surface area contributed by atoms with Crippen LogP contribution in [0.15, 0.2) is 18.2 Å². The van der Waals surface area contributed by atoms with Crippen molar-refractivity contribution < 1.29 is 19.7 Å². The minimum Gasteiger partial charge on any atom is -0.478 e. The predicted octanol–water partition coefficient (Wildman–Crippen LogP) is 0.553. The molecule has 0 saturated carbocycles. The summed E-state index contributed by atoms with van der Waals surface area (Å²) in [7, 11) is 0. The van der Waals surface area contributed by atoms with Crippen LogP contribution in [0.25, 0.3) is 0 Å². The van der Waals surface area contributed by atoms with E-state index >= 15 is 0 Å². The molecule has 1 aromatic carbocycles. The summed E-state index contributed by atoms with van der Waals surface area (Å²) in [5.41, 5.74) is 6.94. The molecule has 1 saturated heterocycles. The third-order valence-corrected chi connectivity index (χ3v) is 3.18. The van der Waals surface area contributed by atoms with Crippen LogP contribution >= 0.6 is 0 Å². The second kappa shape index (κ2) is 5.46. The number of nitrogen functional groups attached to an aromatic ring is 1. The lowest BCUT2D eigenvalue weighted by molar-refractivity contribution is -0.0420. The van der Waals surface area contributed by atoms with Crippen LogP contribution in [-0.2, 0) is 4.74 Å². The van der Waals surface area contributed by atoms with Gasteiger partial charge in [-0.05, 0) is 19.1 Å². The van der Waals surface area contributed by atoms with Crippen molar-refractivity contribution in [2.45, 2.75) is 19.1 Å². The predicted molar refractivity (Wildman–Crippen MR) is 71.4 cm³/mol. The van der Waals surface area contributed by atoms with Crippen molar-refractivity contribution in [3.05, 3.63) is 23.8 Å². The molecule has 1 aliphatic heterocycles. The number of carboxylic acids is 1. The Balaban J connectivity index is 2.31. The molecule has 0 amide bonds. The van der Waals surface area contributed by atoms with Crippen LogP contribution in [-0.4, -0.2) is 48.1 Å². The summed E-state index contributed by atoms with van der Waals surface area (Å²) in [6.07, 6.45) is -0.324. The topological polar surface area (TPSA) is 96.0 Å². The molecule has 2 atom stereocenters. The Hall–Kier alpha value is -1.79. The highest BCUT2D eigenvalue weighted by atomic mass is 16.5. The first-order valence-electron chi connectivity index (χ1n) is 6.16. The Morgan fingerprint density at radius 2 is 2.26 bits per heavy atom. The maximum Gasteiger partial charge on any atom is 0.337 e. The number of carbonyl (C=O) groups is 1. The summed E-state index contributed by atoms with van der Waals surface area (Å²) in [4.78, 5) is 13.0. The van der Waals surface area contributed by atoms with Crippen LogP contribution in [0.2, 0.25) is 0 Å². The van der Waals surface area contributed by atoms with Gasteiger partial charge >= 0.3 is 5.97 Å². The number of ether oxygens (including phenoxy) is 1. The highest BCUT2D eigenvalue weighted by Crippen LogP contribution is 2.29. The molecule has 2 rings (SSSR count). The smallest absolute Gasteiger partial charge is 0.337 e. The fraction of sp³-hybridized carbons (Fsp3) is 0.462. The number of anilines is 2. The molecule has 0 aromatic heterocycles. The van der Waals surface area contributed by atoms with Crippen molar-refractivity contribution in [3.63, 3.8) is 0 Å². The number of aliphatic hydroxyl groups is 1. The van der Waals surface area contributed by atoms with E-state index in [2.05, 4.69) is 0 Å². The van der Waals surface area contributed by atoms with Crippen molar-refractivity contribution in [1.82, 2.24) is 0 Å². The molecule has 0 bridgehead atoms. The van der Waals surface area contributed by atoms with Crippen LogP contribution in [0.3, 0.4) is 0 Å². The average molecular weight is 266 g/mol. The van der Waals surface area contributed by atoms with E-state index in [0.717, 1.165) is 0 Å². The molecule has 1 aromatic rings. The molecular weight excluding hydrogens is 248 g/mol. The number of aromatic carboxylic acids is 1. The first-order chi connectivity index (χ1) is 9.02. The molecule has 0 spiro atoms. The van der Waals surface area contributed by atoms with Gasteiger partial charge in [0.2, 0.25) is 0 Å². The van der Waals surface area contributed by atoms with E-state index in [-0.39, 0.29) is 30.1 Å². The standard InChI is InChI=1S/C13H18N2O4/c1-8-5-15(6-9(7-16)19-8)11-4-2-3-10(12(11)14)13(17)18/h2-4,8-9,16H,5-7,14H2,1H3,(H,17,18). The Morgan fingerprint density at radius 3 is 2.89 bits per heavy atom. The van der Waals surface area contributed by atoms with Crippen LogP contribution in [0.4, 0.5) is 11.4 Å². The van der Waals surface area contributed by atoms with E-state index in [1.165, 1.54) is 6.07 Å². The molecule has 6 heteroatoms. The molecule has 0 aliphatic carbocycles. The third-order valence-electron chi connectivity index (χ3n) is 3.18. The minimum atomic E-state index is -1.04. The monoisotopic (exact) mass is 266 g/mol. The fourth-order valence-electron chi connectivity index (χ4n) is 2.36. The molecule has 0 radical (unpaired) electrons. The van der Waals surface area contributed by atoms with Crippen molar-refractivity contribution in [2.75, 3.05) is 30.3 Å². The number of nitrogens with two attached hydrogens (primary N) is 1. The number of benzene rings is 1. The van der Waals surface area contributed by atoms with Crippen LogP contribution in [0.5, 0.6) is 0 Å². The maximum absolute atomic E-state index is 11.1. The summed E-state index contributed by atoms with van der Waals surface area (Å²) in [5.74, 6) is -1.04. The Kier molecular flexibility index (Phi) is 3.92. The quantitative estimate of drug-likeness (QED) is 0.692. The first kappa shape index (κ1) is 13.6. The number of rotatable bonds is 3. The zero-order chi connectivity index (χ0) is 14.0. The molecule has 4 N–H and O–H groups in total. The molecule has 1 heterocycles. The van der Waals surface area contributed by atoms with E-state index in [9.17, 15) is 9.90 Å². The average Bonchev–Trinajstić information content (AvgIpc) is 2.37. The Bertz CT molecular complexity index is 478. The number of para-hydroxylation sites is 1. The van der Waals surface area contributed by atoms with Gasteiger partial charge in [0.25, 0.3) is 0 Å². The molecule has 104 valence electrons. The van der Waals surface area contributed by atoms with Gasteiger partial charge in [0.1, 0.15) is 0 Å². The number of aliphatic hydroxyl groups excluding tert-OH is 1. The minimum absolute atomic E-state index is 0.0428. The number of carboxylic acid groups (broad SMARTS) is 1. The second-order valence-corrected chi connectivity index (χ2v) is 4.70. The molecule has 1 fully saturated rings. The van der Waals surface area contributed by atoms with Crippen LogP contribution < -0.4 is 10.6 Å². The van der Waals surface area contributed by atoms with Crippen LogP contribution in [0, 0.1) is 0 Å². The zero-order valence-corrected chi connectivity index (χ0v) is 10.7. The molecular formula is C13H18N2O4. The second-order valence-electron chi connectivity index (χ2n) is 4.70. The summed E-state index contributed by atoms with van der Waals surface area (Å²) in [5, 5.41) is 18.3. The molecule has 6 nitrogen and oxygen atoms in total. The van der Waals surface area contributed by atoms with E-state index in [0.29, 0.717) is 18.8 Å². The SMILES string of the molecule is CC1CN(c2cccc(C(=O)O)c2N)CC(CO)O1. The van der Waals surface area contributed by atoms with Crippen molar-refractivity contribution in [3.8, 4) is 0 Å². The summed E-state index contributed by atoms with van der Waals surface area (Å²) in [6, 6.07) is 4.94. The highest BCUT2D eigenvalue weighted by molar-refractivity contribution is 5.97. The van der Waals surface area contributed by atoms with Gasteiger partial charge in [-0.15, -0.1) is 0 Å². The maximum atomic E-state index is 11.1. The zero-order valence-electron chi connectivity index (χ0n) is 10.7. The van der Waals surface area contributed by atoms with Gasteiger partial charge in [0, 0.05) is 13.1 Å². The van der Waals surface area contributed by atoms with E-state index in [1.807, 2.05) is 11.8 Å². The van der Waals surface area contributed by atoms with Gasteiger partial charge < -0.3 is 25.6 Å². The van der Waals surface area contributed by atoms with E-state index in [4.69, 9.17) is 15.6 Å². The van der Waals surface area contributed by atoms with Crippen LogP contribution in [0.1, 0.15) is 17.3 Å². The van der Waals surface area contributed by atoms with Crippen molar-refractivity contribution in [1.29, 1.82) is 0 Å². The summed E-state index contributed by atoms with van der Waals surface area (Å²) < 4.78 is 5.56. The van der Waals surface area contributed by atoms with Gasteiger partial charge in [-0.3, -0.25) is 0 Å². The lowest BCUT2D eigenvalue weighted by Crippen LogP contribution is -2.48. The number of nitrogens with zero attached hydrogens (tertiary/aromatic N) is 1. The Morgan fingerprint density at radius 1 is 1.53 bits per heavy atom. The summed E-state index contributed by atoms with van der Waals surface area (Å²) in [6.45, 7) is 2.95. The number of hydrogen-bond donors (Lipinski definition) is 3. The fourth-order valence-corrected chi connectivity index (χ4v) is 2.36. The number of hydrogen-bond acceptors (Lipinski definition) is 5. The summed E-state index contributed by atoms with van der Waals surface area (Å²) >= 11 is 0. The first-order valence-corrected chi connectivity index (χ1v) is 6.16. The third kappa shape index (κ3) is 2.80. The lowest BCUT2D eigenvalue weighted by atomic mass is 10.1. The van der Waals surface area contributed by atoms with E-state index in [1.54, 1.807) is 12.1 Å². The van der Waals surface area contributed by atoms with E-state index < -0.39 is 5.97 Å². The van der Waals surface area contributed by atoms with Gasteiger partial charge in [0.05, 0.1) is 35.8 Å². The van der Waals surface area contributed by atoms with Gasteiger partial charge in [-0.2, -0.15) is 0 Å². The lowest BCUT2D eigenvalue weighted by Gasteiger charge is -2.38.